The van der Waals surface area contributed by atoms with Crippen LogP contribution in [0.3, 0.4) is 0 Å². The minimum absolute atomic E-state index is 0.0275. The van der Waals surface area contributed by atoms with Gasteiger partial charge in [-0.3, -0.25) is 0 Å². The first-order chi connectivity index (χ1) is 9.03. The second-order valence-corrected chi connectivity index (χ2v) is 6.96. The molecule has 1 aromatic heterocycles. The first kappa shape index (κ1) is 14.6. The van der Waals surface area contributed by atoms with Crippen LogP contribution in [0, 0.1) is 5.92 Å². The van der Waals surface area contributed by atoms with E-state index < -0.39 is 10.0 Å². The summed E-state index contributed by atoms with van der Waals surface area (Å²) in [5.74, 6) is 1.38. The summed E-state index contributed by atoms with van der Waals surface area (Å²) in [5, 5.41) is 3.39. The van der Waals surface area contributed by atoms with Gasteiger partial charge in [-0.1, -0.05) is 12.8 Å². The number of furan rings is 1. The molecular formula is C13H22N2O3S. The second-order valence-electron chi connectivity index (χ2n) is 5.14. The molecule has 0 amide bonds. The van der Waals surface area contributed by atoms with Crippen LogP contribution in [-0.4, -0.2) is 21.5 Å². The summed E-state index contributed by atoms with van der Waals surface area (Å²) < 4.78 is 30.7. The third-order valence-corrected chi connectivity index (χ3v) is 5.16. The Hall–Kier alpha value is -0.850. The monoisotopic (exact) mass is 286 g/mol. The molecule has 5 nitrogen and oxygen atoms in total. The van der Waals surface area contributed by atoms with Crippen LogP contribution in [0.15, 0.2) is 21.6 Å². The zero-order chi connectivity index (χ0) is 13.9. The molecule has 0 bridgehead atoms. The van der Waals surface area contributed by atoms with Crippen molar-refractivity contribution in [3.05, 3.63) is 17.9 Å². The molecule has 19 heavy (non-hydrogen) atoms. The number of hydrogen-bond donors (Lipinski definition) is 2. The van der Waals surface area contributed by atoms with Crippen molar-refractivity contribution in [2.24, 2.45) is 5.92 Å². The summed E-state index contributed by atoms with van der Waals surface area (Å²) in [7, 11) is -2.10. The molecule has 6 heteroatoms. The van der Waals surface area contributed by atoms with Crippen LogP contribution in [0.5, 0.6) is 0 Å². The van der Waals surface area contributed by atoms with Crippen molar-refractivity contribution in [1.82, 2.24) is 10.0 Å². The van der Waals surface area contributed by atoms with Gasteiger partial charge in [-0.15, -0.1) is 0 Å². The molecular weight excluding hydrogens is 264 g/mol. The maximum absolute atomic E-state index is 11.5. The Balaban J connectivity index is 1.90. The van der Waals surface area contributed by atoms with Gasteiger partial charge in [0, 0.05) is 6.04 Å². The molecule has 1 fully saturated rings. The molecule has 1 aliphatic carbocycles. The average Bonchev–Trinajstić information content (AvgIpc) is 3.07. The van der Waals surface area contributed by atoms with Gasteiger partial charge in [0.25, 0.3) is 10.0 Å². The number of hydrogen-bond acceptors (Lipinski definition) is 4. The molecule has 1 aliphatic rings. The van der Waals surface area contributed by atoms with E-state index in [0.717, 1.165) is 5.92 Å². The average molecular weight is 286 g/mol. The quantitative estimate of drug-likeness (QED) is 0.837. The maximum Gasteiger partial charge on any atom is 0.273 e. The van der Waals surface area contributed by atoms with Gasteiger partial charge >= 0.3 is 0 Å². The van der Waals surface area contributed by atoms with E-state index in [4.69, 9.17) is 4.42 Å². The van der Waals surface area contributed by atoms with E-state index in [1.54, 1.807) is 6.07 Å². The topological polar surface area (TPSA) is 71.3 Å². The Kier molecular flexibility index (Phi) is 4.65. The first-order valence-corrected chi connectivity index (χ1v) is 8.27. The Bertz CT molecular complexity index is 504. The lowest BCUT2D eigenvalue weighted by atomic mass is 10.00. The lowest BCUT2D eigenvalue weighted by Gasteiger charge is -2.19. The van der Waals surface area contributed by atoms with Gasteiger partial charge in [-0.25, -0.2) is 13.1 Å². The fourth-order valence-electron chi connectivity index (χ4n) is 2.58. The largest absolute Gasteiger partial charge is 0.447 e. The highest BCUT2D eigenvalue weighted by Crippen LogP contribution is 2.27. The molecule has 0 unspecified atom stereocenters. The van der Waals surface area contributed by atoms with Crippen LogP contribution in [0.2, 0.25) is 0 Å². The maximum atomic E-state index is 11.5. The van der Waals surface area contributed by atoms with Crippen LogP contribution in [0.1, 0.15) is 38.4 Å². The third-order valence-electron chi connectivity index (χ3n) is 3.88. The lowest BCUT2D eigenvalue weighted by Crippen LogP contribution is -2.31. The number of rotatable bonds is 6. The van der Waals surface area contributed by atoms with Crippen LogP contribution >= 0.6 is 0 Å². The van der Waals surface area contributed by atoms with E-state index in [0.29, 0.717) is 18.3 Å². The summed E-state index contributed by atoms with van der Waals surface area (Å²) in [6.07, 6.45) is 5.21. The van der Waals surface area contributed by atoms with E-state index in [2.05, 4.69) is 17.0 Å². The summed E-state index contributed by atoms with van der Waals surface area (Å²) in [6.45, 7) is 2.75. The normalized spacial score (nSPS) is 18.8. The van der Waals surface area contributed by atoms with Crippen molar-refractivity contribution in [3.63, 3.8) is 0 Å². The van der Waals surface area contributed by atoms with Crippen LogP contribution in [0.25, 0.3) is 0 Å². The summed E-state index contributed by atoms with van der Waals surface area (Å²) in [4.78, 5) is 0. The van der Waals surface area contributed by atoms with Gasteiger partial charge in [0.1, 0.15) is 5.76 Å². The minimum atomic E-state index is -3.48. The Morgan fingerprint density at radius 3 is 2.68 bits per heavy atom. The van der Waals surface area contributed by atoms with Gasteiger partial charge in [-0.05, 0) is 44.9 Å². The molecule has 108 valence electrons. The van der Waals surface area contributed by atoms with E-state index in [9.17, 15) is 8.42 Å². The molecule has 0 aromatic carbocycles. The van der Waals surface area contributed by atoms with Crippen LogP contribution in [-0.2, 0) is 16.6 Å². The molecule has 1 aromatic rings. The van der Waals surface area contributed by atoms with Crippen LogP contribution in [0.4, 0.5) is 0 Å². The van der Waals surface area contributed by atoms with Gasteiger partial charge < -0.3 is 9.73 Å². The predicted molar refractivity (Wildman–Crippen MR) is 73.2 cm³/mol. The van der Waals surface area contributed by atoms with Gasteiger partial charge in [0.2, 0.25) is 5.09 Å². The fraction of sp³-hybridized carbons (Fsp3) is 0.692. The standard InChI is InChI=1S/C13H22N2O3S/c1-10(11-5-3-4-6-11)15-9-12-7-8-13(18-12)19(16,17)14-2/h7-8,10-11,14-15H,3-6,9H2,1-2H3/t10-/m1/s1. The number of nitrogens with one attached hydrogen (secondary N) is 2. The molecule has 1 heterocycles. The summed E-state index contributed by atoms with van der Waals surface area (Å²) in [6, 6.07) is 3.64. The highest BCUT2D eigenvalue weighted by Gasteiger charge is 2.21. The smallest absolute Gasteiger partial charge is 0.273 e. The molecule has 0 saturated heterocycles. The molecule has 0 aliphatic heterocycles. The highest BCUT2D eigenvalue weighted by molar-refractivity contribution is 7.89. The predicted octanol–water partition coefficient (Wildman–Crippen LogP) is 1.86. The second kappa shape index (κ2) is 6.07. The van der Waals surface area contributed by atoms with Crippen molar-refractivity contribution in [3.8, 4) is 0 Å². The van der Waals surface area contributed by atoms with Crippen molar-refractivity contribution < 1.29 is 12.8 Å². The van der Waals surface area contributed by atoms with Gasteiger partial charge in [0.05, 0.1) is 6.54 Å². The number of sulfonamides is 1. The summed E-state index contributed by atoms with van der Waals surface area (Å²) >= 11 is 0. The van der Waals surface area contributed by atoms with Crippen LogP contribution < -0.4 is 10.0 Å². The van der Waals surface area contributed by atoms with E-state index in [-0.39, 0.29) is 5.09 Å². The fourth-order valence-corrected chi connectivity index (χ4v) is 3.25. The lowest BCUT2D eigenvalue weighted by molar-refractivity contribution is 0.346. The Morgan fingerprint density at radius 1 is 1.37 bits per heavy atom. The first-order valence-electron chi connectivity index (χ1n) is 6.78. The zero-order valence-electron chi connectivity index (χ0n) is 11.5. The molecule has 2 rings (SSSR count). The van der Waals surface area contributed by atoms with Crippen molar-refractivity contribution in [1.29, 1.82) is 0 Å². The SMILES string of the molecule is CNS(=O)(=O)c1ccc(CN[C@H](C)C2CCCC2)o1. The highest BCUT2D eigenvalue weighted by atomic mass is 32.2. The van der Waals surface area contributed by atoms with E-state index in [1.165, 1.54) is 38.8 Å². The molecule has 0 radical (unpaired) electrons. The van der Waals surface area contributed by atoms with E-state index >= 15 is 0 Å². The molecule has 1 saturated carbocycles. The van der Waals surface area contributed by atoms with Gasteiger partial charge in [-0.2, -0.15) is 0 Å². The molecule has 2 N–H and O–H groups in total. The van der Waals surface area contributed by atoms with Crippen molar-refractivity contribution in [2.45, 2.75) is 50.3 Å². The van der Waals surface area contributed by atoms with Crippen molar-refractivity contribution >= 4 is 10.0 Å². The molecule has 0 spiro atoms. The molecule has 1 atom stereocenters. The minimum Gasteiger partial charge on any atom is -0.447 e. The Morgan fingerprint density at radius 2 is 2.05 bits per heavy atom. The van der Waals surface area contributed by atoms with E-state index in [1.807, 2.05) is 0 Å². The summed E-state index contributed by atoms with van der Waals surface area (Å²) in [5.41, 5.74) is 0. The zero-order valence-corrected chi connectivity index (χ0v) is 12.3. The van der Waals surface area contributed by atoms with Gasteiger partial charge in [0.15, 0.2) is 0 Å². The van der Waals surface area contributed by atoms with Crippen molar-refractivity contribution in [2.75, 3.05) is 7.05 Å². The third kappa shape index (κ3) is 3.58. The Labute approximate surface area is 114 Å².